The highest BCUT2D eigenvalue weighted by molar-refractivity contribution is 7.15. The van der Waals surface area contributed by atoms with Gasteiger partial charge in [0.25, 0.3) is 0 Å². The van der Waals surface area contributed by atoms with Crippen LogP contribution in [0.25, 0.3) is 0 Å². The maximum atomic E-state index is 12.1. The maximum absolute atomic E-state index is 12.1. The molecule has 0 saturated heterocycles. The molecule has 35 heavy (non-hydrogen) atoms. The van der Waals surface area contributed by atoms with Crippen molar-refractivity contribution in [3.8, 4) is 0 Å². The first-order chi connectivity index (χ1) is 17.1. The zero-order valence-corrected chi connectivity index (χ0v) is 19.9. The molecule has 1 atom stereocenters. The van der Waals surface area contributed by atoms with Crippen LogP contribution in [0.3, 0.4) is 0 Å². The fraction of sp³-hybridized carbons (Fsp3) is 0.240. The van der Waals surface area contributed by atoms with E-state index in [1.54, 1.807) is 6.07 Å². The molecule has 0 aliphatic rings. The summed E-state index contributed by atoms with van der Waals surface area (Å²) in [6.07, 6.45) is 2.78. The predicted molar refractivity (Wildman–Crippen MR) is 137 cm³/mol. The van der Waals surface area contributed by atoms with E-state index in [4.69, 9.17) is 0 Å². The number of aliphatic hydroxyl groups is 1. The number of rotatable bonds is 12. The summed E-state index contributed by atoms with van der Waals surface area (Å²) in [5.41, 5.74) is 2.64. The number of nitrogens with one attached hydrogen (secondary N) is 3. The number of carbonyl (C=O) groups is 1. The van der Waals surface area contributed by atoms with E-state index in [0.29, 0.717) is 17.4 Å². The molecule has 0 radical (unpaired) electrons. The van der Waals surface area contributed by atoms with E-state index in [-0.39, 0.29) is 5.91 Å². The summed E-state index contributed by atoms with van der Waals surface area (Å²) in [7, 11) is 0. The monoisotopic (exact) mass is 489 g/mol. The largest absolute Gasteiger partial charge is 0.356 e. The van der Waals surface area contributed by atoms with Gasteiger partial charge in [0.2, 0.25) is 17.4 Å². The summed E-state index contributed by atoms with van der Waals surface area (Å²) < 4.78 is 0. The van der Waals surface area contributed by atoms with Crippen LogP contribution >= 0.6 is 11.3 Å². The molecule has 2 aromatic carbocycles. The van der Waals surface area contributed by atoms with Gasteiger partial charge in [0.1, 0.15) is 5.01 Å². The fourth-order valence-corrected chi connectivity index (χ4v) is 4.17. The van der Waals surface area contributed by atoms with Gasteiger partial charge in [-0.1, -0.05) is 59.9 Å². The van der Waals surface area contributed by atoms with E-state index in [9.17, 15) is 9.90 Å². The van der Waals surface area contributed by atoms with Crippen molar-refractivity contribution >= 4 is 33.9 Å². The Morgan fingerprint density at radius 1 is 0.829 bits per heavy atom. The van der Waals surface area contributed by atoms with Gasteiger partial charge in [0.15, 0.2) is 5.82 Å². The number of aryl methyl sites for hydroxylation is 2. The van der Waals surface area contributed by atoms with Gasteiger partial charge in [-0.25, -0.2) is 0 Å². The van der Waals surface area contributed by atoms with Crippen LogP contribution in [-0.4, -0.2) is 37.8 Å². The predicted octanol–water partition coefficient (Wildman–Crippen LogP) is 3.87. The molecule has 0 saturated carbocycles. The van der Waals surface area contributed by atoms with E-state index in [1.807, 2.05) is 66.7 Å². The lowest BCUT2D eigenvalue weighted by Crippen LogP contribution is -2.27. The summed E-state index contributed by atoms with van der Waals surface area (Å²) in [5.74, 6) is 0.333. The SMILES string of the molecule is O=C(Cc1ccccc1)Nc1ccc(CCCCc2nnc(NC(O)Nc3ccccc3)s2)nn1. The molecule has 180 valence electrons. The summed E-state index contributed by atoms with van der Waals surface area (Å²) >= 11 is 1.42. The Kier molecular flexibility index (Phi) is 8.68. The molecule has 1 amide bonds. The number of hydrogen-bond acceptors (Lipinski definition) is 9. The standard InChI is InChI=1S/C25H27N7O2S/c33-22(17-18-9-3-1-4-10-18)27-21-16-15-20(29-30-21)13-7-8-14-23-31-32-25(35-23)28-24(34)26-19-11-5-2-6-12-19/h1-6,9-12,15-16,24,26,34H,7-8,13-14,17H2,(H,28,32)(H,27,30,33). The van der Waals surface area contributed by atoms with Crippen molar-refractivity contribution in [2.45, 2.75) is 38.5 Å². The van der Waals surface area contributed by atoms with Gasteiger partial charge in [-0.2, -0.15) is 5.10 Å². The van der Waals surface area contributed by atoms with Gasteiger partial charge in [-0.15, -0.1) is 15.3 Å². The van der Waals surface area contributed by atoms with Gasteiger partial charge in [-0.05, 0) is 49.1 Å². The third-order valence-electron chi connectivity index (χ3n) is 5.07. The summed E-state index contributed by atoms with van der Waals surface area (Å²) in [5, 5.41) is 36.8. The quantitative estimate of drug-likeness (QED) is 0.175. The van der Waals surface area contributed by atoms with Crippen molar-refractivity contribution in [3.05, 3.63) is 89.1 Å². The number of unbranched alkanes of at least 4 members (excludes halogenated alkanes) is 1. The van der Waals surface area contributed by atoms with E-state index in [0.717, 1.165) is 47.6 Å². The Bertz CT molecular complexity index is 1190. The molecular weight excluding hydrogens is 462 g/mol. The fourth-order valence-electron chi connectivity index (χ4n) is 3.37. The molecule has 9 nitrogen and oxygen atoms in total. The first kappa shape index (κ1) is 24.2. The molecule has 0 bridgehead atoms. The third-order valence-corrected chi connectivity index (χ3v) is 5.99. The molecular formula is C25H27N7O2S. The lowest BCUT2D eigenvalue weighted by Gasteiger charge is -2.14. The Morgan fingerprint density at radius 2 is 1.57 bits per heavy atom. The summed E-state index contributed by atoms with van der Waals surface area (Å²) in [4.78, 5) is 12.1. The molecule has 0 spiro atoms. The van der Waals surface area contributed by atoms with Gasteiger partial charge in [-0.3, -0.25) is 4.79 Å². The highest BCUT2D eigenvalue weighted by atomic mass is 32.1. The first-order valence-corrected chi connectivity index (χ1v) is 12.2. The second-order valence-corrected chi connectivity index (χ2v) is 8.95. The van der Waals surface area contributed by atoms with Crippen LogP contribution in [-0.2, 0) is 24.1 Å². The zero-order chi connectivity index (χ0) is 24.3. The van der Waals surface area contributed by atoms with Crippen molar-refractivity contribution < 1.29 is 9.90 Å². The minimum absolute atomic E-state index is 0.118. The van der Waals surface area contributed by atoms with Gasteiger partial charge < -0.3 is 21.1 Å². The minimum atomic E-state index is -0.956. The number of aliphatic hydroxyl groups excluding tert-OH is 1. The molecule has 10 heteroatoms. The average molecular weight is 490 g/mol. The van der Waals surface area contributed by atoms with Crippen LogP contribution in [0.1, 0.15) is 29.1 Å². The van der Waals surface area contributed by atoms with Crippen LogP contribution in [0.4, 0.5) is 16.6 Å². The zero-order valence-electron chi connectivity index (χ0n) is 19.1. The van der Waals surface area contributed by atoms with E-state index >= 15 is 0 Å². The number of para-hydroxylation sites is 1. The van der Waals surface area contributed by atoms with Crippen molar-refractivity contribution in [2.75, 3.05) is 16.0 Å². The topological polar surface area (TPSA) is 125 Å². The number of amides is 1. The van der Waals surface area contributed by atoms with Crippen molar-refractivity contribution in [1.82, 2.24) is 20.4 Å². The molecule has 1 unspecified atom stereocenters. The lowest BCUT2D eigenvalue weighted by molar-refractivity contribution is -0.115. The van der Waals surface area contributed by atoms with Gasteiger partial charge >= 0.3 is 0 Å². The molecule has 4 N–H and O–H groups in total. The van der Waals surface area contributed by atoms with E-state index < -0.39 is 6.35 Å². The van der Waals surface area contributed by atoms with Crippen LogP contribution in [0, 0.1) is 0 Å². The maximum Gasteiger partial charge on any atom is 0.229 e. The van der Waals surface area contributed by atoms with E-state index in [1.165, 1.54) is 11.3 Å². The Hall–Kier alpha value is -3.89. The highest BCUT2D eigenvalue weighted by Gasteiger charge is 2.09. The van der Waals surface area contributed by atoms with Crippen molar-refractivity contribution in [3.63, 3.8) is 0 Å². The minimum Gasteiger partial charge on any atom is -0.356 e. The molecule has 2 aromatic heterocycles. The number of aromatic nitrogens is 4. The highest BCUT2D eigenvalue weighted by Crippen LogP contribution is 2.19. The smallest absolute Gasteiger partial charge is 0.229 e. The summed E-state index contributed by atoms with van der Waals surface area (Å²) in [6, 6.07) is 22.7. The van der Waals surface area contributed by atoms with Crippen LogP contribution in [0.15, 0.2) is 72.8 Å². The summed E-state index contributed by atoms with van der Waals surface area (Å²) in [6.45, 7) is 0. The average Bonchev–Trinajstić information content (AvgIpc) is 3.31. The van der Waals surface area contributed by atoms with Crippen LogP contribution < -0.4 is 16.0 Å². The van der Waals surface area contributed by atoms with Crippen LogP contribution in [0.5, 0.6) is 0 Å². The normalized spacial score (nSPS) is 11.6. The molecule has 4 aromatic rings. The third kappa shape index (κ3) is 8.13. The number of nitrogens with zero attached hydrogens (tertiary/aromatic N) is 4. The van der Waals surface area contributed by atoms with Crippen molar-refractivity contribution in [2.24, 2.45) is 0 Å². The Morgan fingerprint density at radius 3 is 2.31 bits per heavy atom. The first-order valence-electron chi connectivity index (χ1n) is 11.4. The second-order valence-electron chi connectivity index (χ2n) is 7.89. The molecule has 0 fully saturated rings. The molecule has 0 aliphatic carbocycles. The van der Waals surface area contributed by atoms with Crippen LogP contribution in [0.2, 0.25) is 0 Å². The Labute approximate surface area is 207 Å². The van der Waals surface area contributed by atoms with Gasteiger partial charge in [0, 0.05) is 12.1 Å². The number of benzene rings is 2. The van der Waals surface area contributed by atoms with E-state index in [2.05, 4.69) is 36.3 Å². The number of carbonyl (C=O) groups excluding carboxylic acids is 1. The molecule has 0 aliphatic heterocycles. The Balaban J connectivity index is 1.14. The molecule has 4 rings (SSSR count). The number of anilines is 3. The number of hydrogen-bond donors (Lipinski definition) is 4. The molecule has 2 heterocycles. The second kappa shape index (κ2) is 12.5. The lowest BCUT2D eigenvalue weighted by atomic mass is 10.1. The van der Waals surface area contributed by atoms with Gasteiger partial charge in [0.05, 0.1) is 12.1 Å². The van der Waals surface area contributed by atoms with Crippen molar-refractivity contribution in [1.29, 1.82) is 0 Å².